The highest BCUT2D eigenvalue weighted by Crippen LogP contribution is 2.31. The molecule has 2 unspecified atom stereocenters. The van der Waals surface area contributed by atoms with Gasteiger partial charge in [-0.15, -0.1) is 0 Å². The maximum Gasteiger partial charge on any atom is 0.139 e. The summed E-state index contributed by atoms with van der Waals surface area (Å²) in [6.45, 7) is 4.29. The summed E-state index contributed by atoms with van der Waals surface area (Å²) in [6, 6.07) is 0. The number of nitrogens with one attached hydrogen (secondary N) is 1. The van der Waals surface area contributed by atoms with Gasteiger partial charge in [-0.1, -0.05) is 26.2 Å². The standard InChI is InChI=1S/C13H23NO/c1-10-9-14-8-7-12(10)13(15)11-5-3-2-4-6-11/h10-12,14H,2-9H2,1H3. The first kappa shape index (κ1) is 11.1. The summed E-state index contributed by atoms with van der Waals surface area (Å²) >= 11 is 0. The largest absolute Gasteiger partial charge is 0.316 e. The van der Waals surface area contributed by atoms with E-state index in [2.05, 4.69) is 12.2 Å². The van der Waals surface area contributed by atoms with Crippen LogP contribution in [0.15, 0.2) is 0 Å². The number of hydrogen-bond acceptors (Lipinski definition) is 2. The van der Waals surface area contributed by atoms with Gasteiger partial charge in [0.05, 0.1) is 0 Å². The molecular formula is C13H23NO. The highest BCUT2D eigenvalue weighted by atomic mass is 16.1. The van der Waals surface area contributed by atoms with Crippen LogP contribution in [0, 0.1) is 17.8 Å². The van der Waals surface area contributed by atoms with Crippen LogP contribution in [0.2, 0.25) is 0 Å². The Morgan fingerprint density at radius 3 is 2.53 bits per heavy atom. The summed E-state index contributed by atoms with van der Waals surface area (Å²) in [5.74, 6) is 1.90. The molecule has 2 fully saturated rings. The normalized spacial score (nSPS) is 33.9. The van der Waals surface area contributed by atoms with Crippen LogP contribution in [-0.2, 0) is 4.79 Å². The van der Waals surface area contributed by atoms with Crippen molar-refractivity contribution < 1.29 is 4.79 Å². The quantitative estimate of drug-likeness (QED) is 0.756. The van der Waals surface area contributed by atoms with Gasteiger partial charge in [0, 0.05) is 11.8 Å². The zero-order chi connectivity index (χ0) is 10.7. The maximum atomic E-state index is 12.3. The number of carbonyl (C=O) groups excluding carboxylic acids is 1. The Morgan fingerprint density at radius 2 is 1.87 bits per heavy atom. The molecular weight excluding hydrogens is 186 g/mol. The molecule has 0 aromatic heterocycles. The number of Topliss-reactive ketones (excluding diaryl/α,β-unsaturated/α-hetero) is 1. The molecule has 2 nitrogen and oxygen atoms in total. The zero-order valence-electron chi connectivity index (χ0n) is 9.80. The average molecular weight is 209 g/mol. The van der Waals surface area contributed by atoms with Crippen molar-refractivity contribution in [1.82, 2.24) is 5.32 Å². The van der Waals surface area contributed by atoms with Gasteiger partial charge in [-0.25, -0.2) is 0 Å². The van der Waals surface area contributed by atoms with Crippen LogP contribution in [0.3, 0.4) is 0 Å². The van der Waals surface area contributed by atoms with Crippen LogP contribution in [0.1, 0.15) is 45.4 Å². The number of hydrogen-bond donors (Lipinski definition) is 1. The minimum Gasteiger partial charge on any atom is -0.316 e. The first-order valence-electron chi connectivity index (χ1n) is 6.53. The Balaban J connectivity index is 1.92. The molecule has 1 saturated heterocycles. The minimum absolute atomic E-state index is 0.356. The van der Waals surface area contributed by atoms with Crippen molar-refractivity contribution >= 4 is 5.78 Å². The fourth-order valence-electron chi connectivity index (χ4n) is 3.13. The summed E-state index contributed by atoms with van der Waals surface area (Å²) in [4.78, 5) is 12.3. The van der Waals surface area contributed by atoms with Gasteiger partial charge in [0.2, 0.25) is 0 Å². The third-order valence-electron chi connectivity index (χ3n) is 4.16. The molecule has 0 aromatic rings. The Morgan fingerprint density at radius 1 is 1.13 bits per heavy atom. The Labute approximate surface area is 92.8 Å². The van der Waals surface area contributed by atoms with Gasteiger partial charge >= 0.3 is 0 Å². The van der Waals surface area contributed by atoms with Gasteiger partial charge in [0.25, 0.3) is 0 Å². The summed E-state index contributed by atoms with van der Waals surface area (Å²) in [6.07, 6.45) is 7.28. The molecule has 0 amide bonds. The molecule has 2 atom stereocenters. The van der Waals surface area contributed by atoms with E-state index in [9.17, 15) is 4.79 Å². The van der Waals surface area contributed by atoms with E-state index in [1.54, 1.807) is 0 Å². The topological polar surface area (TPSA) is 29.1 Å². The van der Waals surface area contributed by atoms with Gasteiger partial charge in [-0.3, -0.25) is 4.79 Å². The molecule has 1 saturated carbocycles. The molecule has 15 heavy (non-hydrogen) atoms. The van der Waals surface area contributed by atoms with Gasteiger partial charge in [-0.2, -0.15) is 0 Å². The van der Waals surface area contributed by atoms with E-state index in [0.29, 0.717) is 23.5 Å². The van der Waals surface area contributed by atoms with E-state index in [-0.39, 0.29) is 0 Å². The molecule has 0 bridgehead atoms. The molecule has 2 rings (SSSR count). The predicted molar refractivity (Wildman–Crippen MR) is 61.7 cm³/mol. The average Bonchev–Trinajstić information content (AvgIpc) is 2.30. The molecule has 86 valence electrons. The lowest BCUT2D eigenvalue weighted by Gasteiger charge is -2.32. The minimum atomic E-state index is 0.356. The number of ketones is 1. The molecule has 1 aliphatic carbocycles. The van der Waals surface area contributed by atoms with E-state index in [1.807, 2.05) is 0 Å². The highest BCUT2D eigenvalue weighted by Gasteiger charge is 2.32. The second kappa shape index (κ2) is 5.11. The van der Waals surface area contributed by atoms with Crippen molar-refractivity contribution in [2.75, 3.05) is 13.1 Å². The number of piperidine rings is 1. The van der Waals surface area contributed by atoms with Gasteiger partial charge in [0.1, 0.15) is 5.78 Å². The number of rotatable bonds is 2. The van der Waals surface area contributed by atoms with Gasteiger partial charge in [0.15, 0.2) is 0 Å². The van der Waals surface area contributed by atoms with Crippen LogP contribution in [0.25, 0.3) is 0 Å². The maximum absolute atomic E-state index is 12.3. The fraction of sp³-hybridized carbons (Fsp3) is 0.923. The van der Waals surface area contributed by atoms with Crippen molar-refractivity contribution in [3.05, 3.63) is 0 Å². The summed E-state index contributed by atoms with van der Waals surface area (Å²) in [5, 5.41) is 3.37. The van der Waals surface area contributed by atoms with E-state index < -0.39 is 0 Å². The second-order valence-corrected chi connectivity index (χ2v) is 5.31. The molecule has 2 aliphatic rings. The second-order valence-electron chi connectivity index (χ2n) is 5.31. The van der Waals surface area contributed by atoms with Crippen molar-refractivity contribution in [3.63, 3.8) is 0 Å². The monoisotopic (exact) mass is 209 g/mol. The van der Waals surface area contributed by atoms with Crippen molar-refractivity contribution in [1.29, 1.82) is 0 Å². The summed E-state index contributed by atoms with van der Waals surface area (Å²) < 4.78 is 0. The van der Waals surface area contributed by atoms with Crippen molar-refractivity contribution in [2.45, 2.75) is 45.4 Å². The lowest BCUT2D eigenvalue weighted by molar-refractivity contribution is -0.130. The first-order chi connectivity index (χ1) is 7.29. The third-order valence-corrected chi connectivity index (χ3v) is 4.16. The molecule has 1 N–H and O–H groups in total. The van der Waals surface area contributed by atoms with Crippen LogP contribution in [0.5, 0.6) is 0 Å². The molecule has 1 aliphatic heterocycles. The lowest BCUT2D eigenvalue weighted by atomic mass is 9.75. The van der Waals surface area contributed by atoms with Crippen LogP contribution < -0.4 is 5.32 Å². The molecule has 2 heteroatoms. The first-order valence-corrected chi connectivity index (χ1v) is 6.53. The van der Waals surface area contributed by atoms with E-state index in [4.69, 9.17) is 0 Å². The molecule has 0 radical (unpaired) electrons. The lowest BCUT2D eigenvalue weighted by Crippen LogP contribution is -2.41. The SMILES string of the molecule is CC1CNCCC1C(=O)C1CCCCC1. The van der Waals surface area contributed by atoms with Crippen molar-refractivity contribution in [2.24, 2.45) is 17.8 Å². The van der Waals surface area contributed by atoms with Gasteiger partial charge in [-0.05, 0) is 38.3 Å². The van der Waals surface area contributed by atoms with Crippen LogP contribution in [-0.4, -0.2) is 18.9 Å². The third kappa shape index (κ3) is 2.60. The van der Waals surface area contributed by atoms with Crippen LogP contribution >= 0.6 is 0 Å². The van der Waals surface area contributed by atoms with Gasteiger partial charge < -0.3 is 5.32 Å². The highest BCUT2D eigenvalue weighted by molar-refractivity contribution is 5.83. The Hall–Kier alpha value is -0.370. The molecule has 1 heterocycles. The van der Waals surface area contributed by atoms with E-state index in [1.165, 1.54) is 19.3 Å². The predicted octanol–water partition coefficient (Wildman–Crippen LogP) is 2.38. The van der Waals surface area contributed by atoms with Crippen molar-refractivity contribution in [3.8, 4) is 0 Å². The fourth-order valence-corrected chi connectivity index (χ4v) is 3.13. The summed E-state index contributed by atoms with van der Waals surface area (Å²) in [7, 11) is 0. The van der Waals surface area contributed by atoms with E-state index in [0.717, 1.165) is 32.4 Å². The number of carbonyl (C=O) groups is 1. The Kier molecular flexibility index (Phi) is 3.79. The smallest absolute Gasteiger partial charge is 0.139 e. The zero-order valence-corrected chi connectivity index (χ0v) is 9.80. The molecule has 0 spiro atoms. The van der Waals surface area contributed by atoms with Crippen LogP contribution in [0.4, 0.5) is 0 Å². The van der Waals surface area contributed by atoms with E-state index >= 15 is 0 Å². The summed E-state index contributed by atoms with van der Waals surface area (Å²) in [5.41, 5.74) is 0. The Bertz CT molecular complexity index is 221. The molecule has 0 aromatic carbocycles.